The van der Waals surface area contributed by atoms with Gasteiger partial charge in [-0.2, -0.15) is 0 Å². The fraction of sp³-hybridized carbons (Fsp3) is 1.00. The van der Waals surface area contributed by atoms with Gasteiger partial charge in [-0.05, 0) is 32.2 Å². The average Bonchev–Trinajstić information content (AvgIpc) is 2.43. The molecule has 0 bridgehead atoms. The van der Waals surface area contributed by atoms with E-state index in [0.717, 1.165) is 26.3 Å². The molecule has 1 aliphatic heterocycles. The lowest BCUT2D eigenvalue weighted by Gasteiger charge is -2.26. The van der Waals surface area contributed by atoms with Crippen molar-refractivity contribution in [3.8, 4) is 0 Å². The van der Waals surface area contributed by atoms with Crippen molar-refractivity contribution in [2.24, 2.45) is 0 Å². The van der Waals surface area contributed by atoms with E-state index in [-0.39, 0.29) is 0 Å². The summed E-state index contributed by atoms with van der Waals surface area (Å²) in [4.78, 5) is 2.52. The highest BCUT2D eigenvalue weighted by molar-refractivity contribution is 4.63. The molecule has 3 nitrogen and oxygen atoms in total. The molecule has 1 aliphatic rings. The van der Waals surface area contributed by atoms with Gasteiger partial charge in [0.15, 0.2) is 0 Å². The first-order chi connectivity index (χ1) is 8.86. The van der Waals surface area contributed by atoms with Gasteiger partial charge in [-0.25, -0.2) is 0 Å². The molecule has 0 aromatic rings. The molecule has 0 unspecified atom stereocenters. The molecule has 0 aliphatic carbocycles. The van der Waals surface area contributed by atoms with E-state index in [0.29, 0.717) is 6.10 Å². The largest absolute Gasteiger partial charge is 0.381 e. The zero-order chi connectivity index (χ0) is 13.1. The lowest BCUT2D eigenvalue weighted by Crippen LogP contribution is -2.36. The fourth-order valence-electron chi connectivity index (χ4n) is 2.53. The quantitative estimate of drug-likeness (QED) is 0.561. The number of morpholine rings is 1. The first kappa shape index (κ1) is 15.9. The highest BCUT2D eigenvalue weighted by Crippen LogP contribution is 2.13. The van der Waals surface area contributed by atoms with E-state index in [1.165, 1.54) is 51.5 Å². The van der Waals surface area contributed by atoms with Crippen LogP contribution < -0.4 is 0 Å². The summed E-state index contributed by atoms with van der Waals surface area (Å²) in [5, 5.41) is 0. The van der Waals surface area contributed by atoms with Crippen molar-refractivity contribution in [2.75, 3.05) is 40.0 Å². The van der Waals surface area contributed by atoms with Crippen LogP contribution in [0, 0.1) is 0 Å². The van der Waals surface area contributed by atoms with Crippen LogP contribution in [0.1, 0.15) is 51.9 Å². The Labute approximate surface area is 113 Å². The van der Waals surface area contributed by atoms with Crippen molar-refractivity contribution in [1.29, 1.82) is 0 Å². The summed E-state index contributed by atoms with van der Waals surface area (Å²) in [5.74, 6) is 0. The lowest BCUT2D eigenvalue weighted by atomic mass is 10.0. The van der Waals surface area contributed by atoms with Crippen LogP contribution in [0.2, 0.25) is 0 Å². The number of unbranched alkanes of at least 4 members (excludes halogenated alkanes) is 3. The first-order valence-corrected chi connectivity index (χ1v) is 7.69. The summed E-state index contributed by atoms with van der Waals surface area (Å²) in [6, 6.07) is 0. The predicted octanol–water partition coefficient (Wildman–Crippen LogP) is 3.08. The second-order valence-electron chi connectivity index (χ2n) is 5.30. The summed E-state index contributed by atoms with van der Waals surface area (Å²) in [6.45, 7) is 7.54. The predicted molar refractivity (Wildman–Crippen MR) is 76.0 cm³/mol. The molecule has 0 spiro atoms. The smallest absolute Gasteiger partial charge is 0.0594 e. The summed E-state index contributed by atoms with van der Waals surface area (Å²) >= 11 is 0. The van der Waals surface area contributed by atoms with Gasteiger partial charge in [0.25, 0.3) is 0 Å². The molecule has 0 amide bonds. The summed E-state index contributed by atoms with van der Waals surface area (Å²) in [6.07, 6.45) is 9.50. The van der Waals surface area contributed by atoms with Gasteiger partial charge in [0.05, 0.1) is 19.3 Å². The zero-order valence-electron chi connectivity index (χ0n) is 12.3. The van der Waals surface area contributed by atoms with Crippen molar-refractivity contribution in [3.05, 3.63) is 0 Å². The van der Waals surface area contributed by atoms with Crippen LogP contribution in [0.4, 0.5) is 0 Å². The summed E-state index contributed by atoms with van der Waals surface area (Å²) in [7, 11) is 1.86. The number of hydrogen-bond donors (Lipinski definition) is 0. The van der Waals surface area contributed by atoms with E-state index in [1.54, 1.807) is 0 Å². The number of nitrogens with zero attached hydrogens (tertiary/aromatic N) is 1. The Bertz CT molecular complexity index is 181. The van der Waals surface area contributed by atoms with Gasteiger partial charge < -0.3 is 9.47 Å². The molecule has 0 aromatic carbocycles. The van der Waals surface area contributed by atoms with E-state index < -0.39 is 0 Å². The molecule has 1 heterocycles. The molecular weight excluding hydrogens is 226 g/mol. The molecule has 0 saturated carbocycles. The molecule has 1 fully saturated rings. The number of methoxy groups -OCH3 is 1. The second-order valence-corrected chi connectivity index (χ2v) is 5.30. The molecule has 108 valence electrons. The molecule has 3 heteroatoms. The highest BCUT2D eigenvalue weighted by Gasteiger charge is 2.10. The molecule has 1 atom stereocenters. The third kappa shape index (κ3) is 7.34. The minimum Gasteiger partial charge on any atom is -0.381 e. The Morgan fingerprint density at radius 2 is 1.72 bits per heavy atom. The molecule has 0 aromatic heterocycles. The lowest BCUT2D eigenvalue weighted by molar-refractivity contribution is 0.0357. The Kier molecular flexibility index (Phi) is 9.54. The van der Waals surface area contributed by atoms with Crippen molar-refractivity contribution in [2.45, 2.75) is 58.0 Å². The van der Waals surface area contributed by atoms with Crippen LogP contribution in [0.25, 0.3) is 0 Å². The van der Waals surface area contributed by atoms with Gasteiger partial charge in [0.1, 0.15) is 0 Å². The molecule has 1 saturated heterocycles. The van der Waals surface area contributed by atoms with E-state index in [4.69, 9.17) is 9.47 Å². The van der Waals surface area contributed by atoms with E-state index in [9.17, 15) is 0 Å². The van der Waals surface area contributed by atoms with Gasteiger partial charge in [-0.3, -0.25) is 4.90 Å². The monoisotopic (exact) mass is 257 g/mol. The van der Waals surface area contributed by atoms with Gasteiger partial charge in [0, 0.05) is 20.2 Å². The van der Waals surface area contributed by atoms with Crippen molar-refractivity contribution >= 4 is 0 Å². The Morgan fingerprint density at radius 1 is 1.06 bits per heavy atom. The molecular formula is C15H31NO2. The Morgan fingerprint density at radius 3 is 2.33 bits per heavy atom. The highest BCUT2D eigenvalue weighted by atomic mass is 16.5. The zero-order valence-corrected chi connectivity index (χ0v) is 12.3. The van der Waals surface area contributed by atoms with Crippen LogP contribution in [-0.2, 0) is 9.47 Å². The fourth-order valence-corrected chi connectivity index (χ4v) is 2.53. The summed E-state index contributed by atoms with van der Waals surface area (Å²) in [5.41, 5.74) is 0. The maximum absolute atomic E-state index is 5.56. The minimum atomic E-state index is 0.487. The minimum absolute atomic E-state index is 0.487. The number of rotatable bonds is 10. The Balaban J connectivity index is 1.96. The topological polar surface area (TPSA) is 21.7 Å². The van der Waals surface area contributed by atoms with E-state index in [2.05, 4.69) is 11.8 Å². The third-order valence-corrected chi connectivity index (χ3v) is 3.82. The molecule has 0 N–H and O–H groups in total. The van der Waals surface area contributed by atoms with E-state index in [1.807, 2.05) is 7.11 Å². The maximum Gasteiger partial charge on any atom is 0.0594 e. The SMILES string of the molecule is CCCCC[C@H](CCCCN1CCOCC1)OC. The van der Waals surface area contributed by atoms with Crippen LogP contribution in [-0.4, -0.2) is 51.0 Å². The first-order valence-electron chi connectivity index (χ1n) is 7.69. The van der Waals surface area contributed by atoms with Crippen LogP contribution in [0.15, 0.2) is 0 Å². The Hall–Kier alpha value is -0.120. The maximum atomic E-state index is 5.56. The van der Waals surface area contributed by atoms with Crippen molar-refractivity contribution in [1.82, 2.24) is 4.90 Å². The van der Waals surface area contributed by atoms with Crippen LogP contribution in [0.3, 0.4) is 0 Å². The second kappa shape index (κ2) is 10.8. The normalized spacial score (nSPS) is 19.0. The van der Waals surface area contributed by atoms with E-state index >= 15 is 0 Å². The van der Waals surface area contributed by atoms with Crippen molar-refractivity contribution in [3.63, 3.8) is 0 Å². The average molecular weight is 257 g/mol. The van der Waals surface area contributed by atoms with Gasteiger partial charge in [0.2, 0.25) is 0 Å². The number of hydrogen-bond acceptors (Lipinski definition) is 3. The standard InChI is InChI=1S/C15H31NO2/c1-3-4-5-8-15(17-2)9-6-7-10-16-11-13-18-14-12-16/h15H,3-14H2,1-2H3/t15-/m1/s1. The number of ether oxygens (including phenoxy) is 2. The molecule has 1 rings (SSSR count). The molecule has 18 heavy (non-hydrogen) atoms. The van der Waals surface area contributed by atoms with Gasteiger partial charge in [-0.15, -0.1) is 0 Å². The van der Waals surface area contributed by atoms with Crippen molar-refractivity contribution < 1.29 is 9.47 Å². The summed E-state index contributed by atoms with van der Waals surface area (Å²) < 4.78 is 10.9. The van der Waals surface area contributed by atoms with Gasteiger partial charge in [-0.1, -0.05) is 26.2 Å². The third-order valence-electron chi connectivity index (χ3n) is 3.82. The van der Waals surface area contributed by atoms with Crippen LogP contribution >= 0.6 is 0 Å². The van der Waals surface area contributed by atoms with Gasteiger partial charge >= 0.3 is 0 Å². The molecule has 0 radical (unpaired) electrons. The van der Waals surface area contributed by atoms with Crippen LogP contribution in [0.5, 0.6) is 0 Å².